The van der Waals surface area contributed by atoms with E-state index in [-0.39, 0.29) is 11.9 Å². The fraction of sp³-hybridized carbons (Fsp3) is 0.214. The molecule has 1 unspecified atom stereocenters. The summed E-state index contributed by atoms with van der Waals surface area (Å²) in [6.45, 7) is 3.42. The molecule has 1 heterocycles. The molecule has 0 bridgehead atoms. The lowest BCUT2D eigenvalue weighted by Crippen LogP contribution is -2.31. The van der Waals surface area contributed by atoms with E-state index >= 15 is 0 Å². The third kappa shape index (κ3) is 4.31. The third-order valence-corrected chi connectivity index (χ3v) is 3.13. The number of anilines is 1. The highest BCUT2D eigenvalue weighted by Crippen LogP contribution is 2.28. The summed E-state index contributed by atoms with van der Waals surface area (Å²) in [6.07, 6.45) is 0.812. The predicted octanol–water partition coefficient (Wildman–Crippen LogP) is 3.50. The van der Waals surface area contributed by atoms with Gasteiger partial charge in [-0.25, -0.2) is 9.97 Å². The first kappa shape index (κ1) is 15.5. The van der Waals surface area contributed by atoms with Crippen LogP contribution in [0, 0.1) is 6.92 Å². The summed E-state index contributed by atoms with van der Waals surface area (Å²) >= 11 is 11.8. The zero-order valence-electron chi connectivity index (χ0n) is 11.4. The minimum atomic E-state index is -0.757. The Morgan fingerprint density at radius 3 is 2.76 bits per heavy atom. The van der Waals surface area contributed by atoms with Crippen molar-refractivity contribution in [3.05, 3.63) is 46.2 Å². The van der Waals surface area contributed by atoms with Crippen molar-refractivity contribution in [2.75, 3.05) is 5.32 Å². The number of aryl methyl sites for hydroxylation is 1. The molecule has 1 N–H and O–H groups in total. The van der Waals surface area contributed by atoms with Crippen LogP contribution in [0.2, 0.25) is 10.0 Å². The summed E-state index contributed by atoms with van der Waals surface area (Å²) in [5.41, 5.74) is 0.759. The van der Waals surface area contributed by atoms with E-state index in [2.05, 4.69) is 15.3 Å². The first-order chi connectivity index (χ1) is 9.95. The molecule has 5 nitrogen and oxygen atoms in total. The van der Waals surface area contributed by atoms with Crippen LogP contribution in [0.3, 0.4) is 0 Å². The number of benzene rings is 1. The van der Waals surface area contributed by atoms with Crippen LogP contribution in [-0.2, 0) is 4.79 Å². The number of hydrogen-bond donors (Lipinski definition) is 1. The molecule has 0 aliphatic rings. The molecular formula is C14H13Cl2N3O2. The summed E-state index contributed by atoms with van der Waals surface area (Å²) in [7, 11) is 0. The number of rotatable bonds is 4. The van der Waals surface area contributed by atoms with Crippen LogP contribution in [0.15, 0.2) is 30.5 Å². The highest BCUT2D eigenvalue weighted by Gasteiger charge is 2.17. The molecule has 1 aromatic heterocycles. The van der Waals surface area contributed by atoms with Gasteiger partial charge in [0.1, 0.15) is 5.75 Å². The maximum absolute atomic E-state index is 12.0. The number of amides is 1. The normalized spacial score (nSPS) is 11.8. The second-order valence-corrected chi connectivity index (χ2v) is 5.19. The van der Waals surface area contributed by atoms with E-state index in [1.54, 1.807) is 37.4 Å². The van der Waals surface area contributed by atoms with Crippen LogP contribution in [0.25, 0.3) is 0 Å². The Bertz CT molecular complexity index is 664. The van der Waals surface area contributed by atoms with Crippen molar-refractivity contribution in [1.29, 1.82) is 0 Å². The lowest BCUT2D eigenvalue weighted by Gasteiger charge is -2.15. The highest BCUT2D eigenvalue weighted by molar-refractivity contribution is 6.35. The van der Waals surface area contributed by atoms with Gasteiger partial charge in [-0.1, -0.05) is 23.2 Å². The minimum absolute atomic E-state index is 0.234. The van der Waals surface area contributed by atoms with Crippen LogP contribution in [0.1, 0.15) is 12.6 Å². The Morgan fingerprint density at radius 1 is 1.33 bits per heavy atom. The van der Waals surface area contributed by atoms with Gasteiger partial charge in [-0.2, -0.15) is 0 Å². The number of nitrogens with one attached hydrogen (secondary N) is 1. The van der Waals surface area contributed by atoms with E-state index in [0.29, 0.717) is 15.8 Å². The third-order valence-electron chi connectivity index (χ3n) is 2.60. The van der Waals surface area contributed by atoms with Crippen LogP contribution >= 0.6 is 23.2 Å². The van der Waals surface area contributed by atoms with E-state index < -0.39 is 6.10 Å². The lowest BCUT2D eigenvalue weighted by molar-refractivity contribution is -0.122. The standard InChI is InChI=1S/C14H13Cl2N3O2/c1-8-5-6-17-14(18-8)19-13(20)9(2)21-12-4-3-10(15)7-11(12)16/h3-7,9H,1-2H3,(H,17,18,19,20). The molecule has 1 atom stereocenters. The fourth-order valence-corrected chi connectivity index (χ4v) is 1.99. The molecule has 0 radical (unpaired) electrons. The lowest BCUT2D eigenvalue weighted by atomic mass is 10.3. The molecule has 0 saturated carbocycles. The van der Waals surface area contributed by atoms with E-state index in [9.17, 15) is 4.79 Å². The van der Waals surface area contributed by atoms with Gasteiger partial charge in [0.2, 0.25) is 5.95 Å². The quantitative estimate of drug-likeness (QED) is 0.934. The Hall–Kier alpha value is -1.85. The molecular weight excluding hydrogens is 313 g/mol. The fourth-order valence-electron chi connectivity index (χ4n) is 1.54. The van der Waals surface area contributed by atoms with Crippen molar-refractivity contribution in [3.8, 4) is 5.75 Å². The first-order valence-electron chi connectivity index (χ1n) is 6.18. The molecule has 1 amide bonds. The number of aromatic nitrogens is 2. The molecule has 7 heteroatoms. The van der Waals surface area contributed by atoms with Crippen molar-refractivity contribution in [1.82, 2.24) is 9.97 Å². The summed E-state index contributed by atoms with van der Waals surface area (Å²) in [4.78, 5) is 20.1. The molecule has 0 aliphatic heterocycles. The van der Waals surface area contributed by atoms with Gasteiger partial charge in [0, 0.05) is 16.9 Å². The summed E-state index contributed by atoms with van der Waals surface area (Å²) in [5, 5.41) is 3.42. The van der Waals surface area contributed by atoms with Gasteiger partial charge in [-0.05, 0) is 38.1 Å². The Kier molecular flexibility index (Phi) is 4.98. The number of halogens is 2. The number of nitrogens with zero attached hydrogens (tertiary/aromatic N) is 2. The molecule has 110 valence electrons. The van der Waals surface area contributed by atoms with Crippen LogP contribution < -0.4 is 10.1 Å². The predicted molar refractivity (Wildman–Crippen MR) is 82.0 cm³/mol. The van der Waals surface area contributed by atoms with Crippen LogP contribution in [0.5, 0.6) is 5.75 Å². The average Bonchev–Trinajstić information content (AvgIpc) is 2.41. The van der Waals surface area contributed by atoms with Gasteiger partial charge in [-0.15, -0.1) is 0 Å². The Labute approximate surface area is 132 Å². The zero-order valence-corrected chi connectivity index (χ0v) is 12.9. The smallest absolute Gasteiger partial charge is 0.267 e. The summed E-state index contributed by atoms with van der Waals surface area (Å²) in [5.74, 6) is 0.248. The molecule has 0 saturated heterocycles. The zero-order chi connectivity index (χ0) is 15.4. The molecule has 2 rings (SSSR count). The first-order valence-corrected chi connectivity index (χ1v) is 6.93. The molecule has 1 aromatic carbocycles. The summed E-state index contributed by atoms with van der Waals surface area (Å²) < 4.78 is 5.51. The largest absolute Gasteiger partial charge is 0.479 e. The SMILES string of the molecule is Cc1ccnc(NC(=O)C(C)Oc2ccc(Cl)cc2Cl)n1. The molecule has 2 aromatic rings. The second-order valence-electron chi connectivity index (χ2n) is 4.35. The van der Waals surface area contributed by atoms with Gasteiger partial charge in [-0.3, -0.25) is 10.1 Å². The number of carbonyl (C=O) groups excluding carboxylic acids is 1. The van der Waals surface area contributed by atoms with Gasteiger partial charge in [0.25, 0.3) is 5.91 Å². The number of hydrogen-bond acceptors (Lipinski definition) is 4. The van der Waals surface area contributed by atoms with Crippen molar-refractivity contribution in [2.24, 2.45) is 0 Å². The average molecular weight is 326 g/mol. The van der Waals surface area contributed by atoms with E-state index in [0.717, 1.165) is 5.69 Å². The maximum atomic E-state index is 12.0. The maximum Gasteiger partial charge on any atom is 0.267 e. The van der Waals surface area contributed by atoms with Crippen LogP contribution in [0.4, 0.5) is 5.95 Å². The van der Waals surface area contributed by atoms with Crippen molar-refractivity contribution in [3.63, 3.8) is 0 Å². The van der Waals surface area contributed by atoms with Crippen molar-refractivity contribution >= 4 is 35.1 Å². The van der Waals surface area contributed by atoms with Gasteiger partial charge in [0.15, 0.2) is 6.10 Å². The number of carbonyl (C=O) groups is 1. The summed E-state index contributed by atoms with van der Waals surface area (Å²) in [6, 6.07) is 6.53. The number of ether oxygens (including phenoxy) is 1. The van der Waals surface area contributed by atoms with Gasteiger partial charge >= 0.3 is 0 Å². The molecule has 0 aliphatic carbocycles. The molecule has 21 heavy (non-hydrogen) atoms. The van der Waals surface area contributed by atoms with Crippen LogP contribution in [-0.4, -0.2) is 22.0 Å². The second kappa shape index (κ2) is 6.74. The Balaban J connectivity index is 2.02. The van der Waals surface area contributed by atoms with E-state index in [4.69, 9.17) is 27.9 Å². The van der Waals surface area contributed by atoms with E-state index in [1.165, 1.54) is 0 Å². The van der Waals surface area contributed by atoms with Gasteiger partial charge in [0.05, 0.1) is 5.02 Å². The van der Waals surface area contributed by atoms with E-state index in [1.807, 2.05) is 6.92 Å². The Morgan fingerprint density at radius 2 is 2.10 bits per heavy atom. The van der Waals surface area contributed by atoms with Gasteiger partial charge < -0.3 is 4.74 Å². The highest BCUT2D eigenvalue weighted by atomic mass is 35.5. The minimum Gasteiger partial charge on any atom is -0.479 e. The monoisotopic (exact) mass is 325 g/mol. The topological polar surface area (TPSA) is 64.1 Å². The van der Waals surface area contributed by atoms with Crippen molar-refractivity contribution < 1.29 is 9.53 Å². The molecule has 0 fully saturated rings. The molecule has 0 spiro atoms. The van der Waals surface area contributed by atoms with Crippen molar-refractivity contribution in [2.45, 2.75) is 20.0 Å².